The van der Waals surface area contributed by atoms with E-state index in [1.54, 1.807) is 0 Å². The Bertz CT molecular complexity index is 750. The Hall–Kier alpha value is -1.44. The number of carbonyl (C=O) groups excluding carboxylic acids is 1. The largest absolute Gasteiger partial charge is 0.342 e. The van der Waals surface area contributed by atoms with Crippen molar-refractivity contribution < 1.29 is 4.79 Å². The van der Waals surface area contributed by atoms with Crippen molar-refractivity contribution in [2.45, 2.75) is 49.5 Å². The van der Waals surface area contributed by atoms with E-state index in [1.165, 1.54) is 0 Å². The van der Waals surface area contributed by atoms with Crippen molar-refractivity contribution in [3.05, 3.63) is 30.1 Å². The molecule has 7 heteroatoms. The number of carbonyl (C=O) groups is 1. The molecule has 1 aromatic carbocycles. The Balaban J connectivity index is 1.38. The van der Waals surface area contributed by atoms with Crippen LogP contribution in [0.25, 0.3) is 11.0 Å². The number of alkyl halides is 1. The van der Waals surface area contributed by atoms with Crippen LogP contribution < -0.4 is 10.9 Å². The second-order valence-electron chi connectivity index (χ2n) is 7.72. The summed E-state index contributed by atoms with van der Waals surface area (Å²) < 4.78 is 0. The molecule has 1 amide bonds. The van der Waals surface area contributed by atoms with Gasteiger partial charge in [0.2, 0.25) is 5.91 Å². The Kier molecular flexibility index (Phi) is 5.03. The lowest BCUT2D eigenvalue weighted by Gasteiger charge is -2.33. The number of nitrogens with one attached hydrogen (secondary N) is 3. The van der Waals surface area contributed by atoms with Gasteiger partial charge in [-0.3, -0.25) is 10.2 Å². The minimum absolute atomic E-state index is 0.114. The Labute approximate surface area is 162 Å². The molecule has 2 fully saturated rings. The number of amides is 1. The molecule has 0 saturated carbocycles. The molecule has 2 aliphatic rings. The monoisotopic (exact) mass is 419 g/mol. The van der Waals surface area contributed by atoms with Gasteiger partial charge in [-0.25, -0.2) is 10.4 Å². The normalized spacial score (nSPS) is 27.5. The van der Waals surface area contributed by atoms with Gasteiger partial charge >= 0.3 is 0 Å². The molecule has 4 rings (SSSR count). The molecule has 0 aliphatic carbocycles. The van der Waals surface area contributed by atoms with Gasteiger partial charge in [0, 0.05) is 25.0 Å². The maximum atomic E-state index is 12.9. The number of halogens is 1. The van der Waals surface area contributed by atoms with Crippen LogP contribution in [0.1, 0.15) is 38.4 Å². The molecule has 1 aromatic heterocycles. The number of rotatable bonds is 3. The van der Waals surface area contributed by atoms with E-state index in [0.717, 1.165) is 42.8 Å². The maximum absolute atomic E-state index is 12.9. The van der Waals surface area contributed by atoms with E-state index >= 15 is 0 Å². The SMILES string of the molecule is CC(C)C1NNC(C(=O)N2CCC(c3nc4ccccc4[nH]3)CC2)C1Br. The van der Waals surface area contributed by atoms with Crippen molar-refractivity contribution >= 4 is 32.9 Å². The molecule has 0 spiro atoms. The number of hydrogen-bond donors (Lipinski definition) is 3. The molecule has 3 unspecified atom stereocenters. The maximum Gasteiger partial charge on any atom is 0.242 e. The van der Waals surface area contributed by atoms with Crippen molar-refractivity contribution in [3.8, 4) is 0 Å². The van der Waals surface area contributed by atoms with Gasteiger partial charge in [0.15, 0.2) is 0 Å². The first-order chi connectivity index (χ1) is 12.5. The Morgan fingerprint density at radius 3 is 2.62 bits per heavy atom. The molecule has 6 nitrogen and oxygen atoms in total. The summed E-state index contributed by atoms with van der Waals surface area (Å²) in [6, 6.07) is 8.19. The third-order valence-corrected chi connectivity index (χ3v) is 6.75. The summed E-state index contributed by atoms with van der Waals surface area (Å²) in [5.74, 6) is 2.09. The van der Waals surface area contributed by atoms with Crippen LogP contribution in [0, 0.1) is 5.92 Å². The molecule has 2 saturated heterocycles. The second-order valence-corrected chi connectivity index (χ2v) is 8.78. The van der Waals surface area contributed by atoms with E-state index in [1.807, 2.05) is 23.1 Å². The summed E-state index contributed by atoms with van der Waals surface area (Å²) in [7, 11) is 0. The number of likely N-dealkylation sites (tertiary alicyclic amines) is 1. The molecule has 3 heterocycles. The first-order valence-electron chi connectivity index (χ1n) is 9.43. The molecule has 2 aliphatic heterocycles. The fourth-order valence-electron chi connectivity index (χ4n) is 4.02. The minimum Gasteiger partial charge on any atom is -0.342 e. The smallest absolute Gasteiger partial charge is 0.242 e. The highest BCUT2D eigenvalue weighted by Gasteiger charge is 2.42. The van der Waals surface area contributed by atoms with E-state index in [2.05, 4.69) is 51.7 Å². The van der Waals surface area contributed by atoms with E-state index in [9.17, 15) is 4.79 Å². The highest BCUT2D eigenvalue weighted by molar-refractivity contribution is 9.09. The van der Waals surface area contributed by atoms with Crippen molar-refractivity contribution in [2.75, 3.05) is 13.1 Å². The van der Waals surface area contributed by atoms with E-state index < -0.39 is 0 Å². The first-order valence-corrected chi connectivity index (χ1v) is 10.3. The lowest BCUT2D eigenvalue weighted by atomic mass is 9.94. The van der Waals surface area contributed by atoms with Gasteiger partial charge in [-0.15, -0.1) is 0 Å². The fraction of sp³-hybridized carbons (Fsp3) is 0.579. The predicted molar refractivity (Wildman–Crippen MR) is 106 cm³/mol. The average molecular weight is 420 g/mol. The van der Waals surface area contributed by atoms with Crippen LogP contribution in [0.4, 0.5) is 0 Å². The van der Waals surface area contributed by atoms with Crippen LogP contribution in [0.3, 0.4) is 0 Å². The Morgan fingerprint density at radius 2 is 1.96 bits per heavy atom. The number of para-hydroxylation sites is 2. The van der Waals surface area contributed by atoms with Gasteiger partial charge < -0.3 is 9.88 Å². The highest BCUT2D eigenvalue weighted by atomic mass is 79.9. The highest BCUT2D eigenvalue weighted by Crippen LogP contribution is 2.29. The standard InChI is InChI=1S/C19H26BrN5O/c1-11(2)16-15(20)17(24-23-16)19(26)25-9-7-12(8-10-25)18-21-13-5-3-4-6-14(13)22-18/h3-6,11-12,15-17,23-24H,7-10H2,1-2H3,(H,21,22). The fourth-order valence-corrected chi connectivity index (χ4v) is 5.12. The zero-order valence-electron chi connectivity index (χ0n) is 15.2. The summed E-state index contributed by atoms with van der Waals surface area (Å²) in [6.45, 7) is 5.90. The van der Waals surface area contributed by atoms with Gasteiger partial charge in [-0.1, -0.05) is 41.9 Å². The van der Waals surface area contributed by atoms with Gasteiger partial charge in [0.1, 0.15) is 11.9 Å². The van der Waals surface area contributed by atoms with Crippen molar-refractivity contribution in [1.29, 1.82) is 0 Å². The lowest BCUT2D eigenvalue weighted by Crippen LogP contribution is -2.50. The number of piperidine rings is 1. The number of aromatic nitrogens is 2. The zero-order valence-corrected chi connectivity index (χ0v) is 16.8. The van der Waals surface area contributed by atoms with Crippen molar-refractivity contribution in [3.63, 3.8) is 0 Å². The molecule has 0 bridgehead atoms. The van der Waals surface area contributed by atoms with Gasteiger partial charge in [-0.2, -0.15) is 0 Å². The number of benzene rings is 1. The number of nitrogens with zero attached hydrogens (tertiary/aromatic N) is 2. The molecular weight excluding hydrogens is 394 g/mol. The van der Waals surface area contributed by atoms with E-state index in [0.29, 0.717) is 11.8 Å². The molecule has 3 atom stereocenters. The number of aromatic amines is 1. The molecular formula is C19H26BrN5O. The second kappa shape index (κ2) is 7.29. The Morgan fingerprint density at radius 1 is 1.23 bits per heavy atom. The van der Waals surface area contributed by atoms with Crippen LogP contribution in [-0.2, 0) is 4.79 Å². The van der Waals surface area contributed by atoms with E-state index in [-0.39, 0.29) is 22.8 Å². The summed E-state index contributed by atoms with van der Waals surface area (Å²) in [4.78, 5) is 23.2. The number of fused-ring (bicyclic) bond motifs is 1. The topological polar surface area (TPSA) is 73.0 Å². The predicted octanol–water partition coefficient (Wildman–Crippen LogP) is 2.53. The van der Waals surface area contributed by atoms with Gasteiger partial charge in [-0.05, 0) is 30.9 Å². The summed E-state index contributed by atoms with van der Waals surface area (Å²) in [6.07, 6.45) is 1.90. The minimum atomic E-state index is -0.204. The quantitative estimate of drug-likeness (QED) is 0.668. The van der Waals surface area contributed by atoms with Crippen molar-refractivity contribution in [1.82, 2.24) is 25.7 Å². The number of hydrazine groups is 1. The third-order valence-electron chi connectivity index (χ3n) is 5.65. The molecule has 3 N–H and O–H groups in total. The lowest BCUT2D eigenvalue weighted by molar-refractivity contribution is -0.134. The van der Waals surface area contributed by atoms with Gasteiger partial charge in [0.25, 0.3) is 0 Å². The van der Waals surface area contributed by atoms with Crippen LogP contribution in [0.15, 0.2) is 24.3 Å². The summed E-state index contributed by atoms with van der Waals surface area (Å²) >= 11 is 3.72. The zero-order chi connectivity index (χ0) is 18.3. The van der Waals surface area contributed by atoms with E-state index in [4.69, 9.17) is 4.98 Å². The number of H-pyrrole nitrogens is 1. The molecule has 140 valence electrons. The molecule has 2 aromatic rings. The van der Waals surface area contributed by atoms with Crippen LogP contribution in [-0.4, -0.2) is 50.8 Å². The third kappa shape index (κ3) is 3.28. The molecule has 26 heavy (non-hydrogen) atoms. The number of imidazole rings is 1. The van der Waals surface area contributed by atoms with Crippen molar-refractivity contribution in [2.24, 2.45) is 5.92 Å². The van der Waals surface area contributed by atoms with Gasteiger partial charge in [0.05, 0.1) is 15.9 Å². The summed E-state index contributed by atoms with van der Waals surface area (Å²) in [5.41, 5.74) is 8.56. The summed E-state index contributed by atoms with van der Waals surface area (Å²) in [5, 5.41) is 0. The van der Waals surface area contributed by atoms with Crippen LogP contribution in [0.5, 0.6) is 0 Å². The molecule has 0 radical (unpaired) electrons. The van der Waals surface area contributed by atoms with Crippen LogP contribution >= 0.6 is 15.9 Å². The number of hydrogen-bond acceptors (Lipinski definition) is 4. The van der Waals surface area contributed by atoms with Crippen LogP contribution in [0.2, 0.25) is 0 Å². The first kappa shape index (κ1) is 17.9. The average Bonchev–Trinajstić information content (AvgIpc) is 3.24.